The van der Waals surface area contributed by atoms with Crippen LogP contribution in [0.25, 0.3) is 22.1 Å². The number of nitrogen functional groups attached to an aromatic ring is 1. The molecule has 10 atom stereocenters. The van der Waals surface area contributed by atoms with E-state index >= 15 is 4.57 Å². The lowest BCUT2D eigenvalue weighted by atomic mass is 10.1. The second-order valence-corrected chi connectivity index (χ2v) is 44.8. The predicted molar refractivity (Wildman–Crippen MR) is 299 cm³/mol. The van der Waals surface area contributed by atoms with Crippen molar-refractivity contribution < 1.29 is 55.4 Å². The van der Waals surface area contributed by atoms with E-state index in [9.17, 15) is 9.69 Å². The van der Waals surface area contributed by atoms with Gasteiger partial charge in [-0.1, -0.05) is 73.4 Å². The molecule has 0 spiro atoms. The maximum atomic E-state index is 15.1. The number of hydrogen-bond donors (Lipinski definition) is 5. The van der Waals surface area contributed by atoms with E-state index in [1.807, 2.05) is 17.0 Å². The van der Waals surface area contributed by atoms with Gasteiger partial charge in [-0.15, -0.1) is 0 Å². The van der Waals surface area contributed by atoms with Crippen molar-refractivity contribution in [3.05, 3.63) is 36.2 Å². The summed E-state index contributed by atoms with van der Waals surface area (Å²) in [5.74, 6) is 0.952. The number of nitrogens with zero attached hydrogens (tertiary/aromatic N) is 6. The van der Waals surface area contributed by atoms with Crippen LogP contribution < -0.4 is 16.4 Å². The molecule has 0 saturated carbocycles. The van der Waals surface area contributed by atoms with Gasteiger partial charge in [0.25, 0.3) is 0 Å². The molecular weight excluding hydrogens is 1080 g/mol. The largest absolute Gasteiger partial charge is 0.450 e. The van der Waals surface area contributed by atoms with Crippen molar-refractivity contribution in [1.82, 2.24) is 34.4 Å². The van der Waals surface area contributed by atoms with Crippen molar-refractivity contribution in [2.45, 2.75) is 178 Å². The van der Waals surface area contributed by atoms with Gasteiger partial charge in [0.1, 0.15) is 72.2 Å². The summed E-state index contributed by atoms with van der Waals surface area (Å²) in [6.45, 7) is 19.9. The van der Waals surface area contributed by atoms with Gasteiger partial charge in [-0.25, -0.2) is 29.3 Å². The van der Waals surface area contributed by atoms with E-state index in [4.69, 9.17) is 63.7 Å². The van der Waals surface area contributed by atoms with Crippen molar-refractivity contribution >= 4 is 102 Å². The summed E-state index contributed by atoms with van der Waals surface area (Å²) in [6, 6.07) is 0.867. The van der Waals surface area contributed by atoms with Gasteiger partial charge in [0.2, 0.25) is 0 Å². The first-order chi connectivity index (χ1) is 34.4. The Morgan fingerprint density at radius 2 is 1.50 bits per heavy atom. The maximum Gasteiger partial charge on any atom is 0.407 e. The molecule has 8 rings (SSSR count). The fourth-order valence-corrected chi connectivity index (χ4v) is 15.3. The Morgan fingerprint density at radius 1 is 0.878 bits per heavy atom. The average molecular weight is 1160 g/mol. The van der Waals surface area contributed by atoms with Gasteiger partial charge in [-0.3, -0.25) is 13.6 Å². The fourth-order valence-electron chi connectivity index (χ4n) is 9.08. The van der Waals surface area contributed by atoms with Gasteiger partial charge < -0.3 is 58.0 Å². The molecule has 4 aliphatic heterocycles. The number of thiol groups is 1. The first-order valence-corrected chi connectivity index (χ1v) is 40.2. The first kappa shape index (κ1) is 57.8. The van der Waals surface area contributed by atoms with Gasteiger partial charge in [-0.2, -0.15) is 0 Å². The third-order valence-electron chi connectivity index (χ3n) is 15.2. The fraction of sp³-hybridized carbons (Fsp3) is 0.717. The highest BCUT2D eigenvalue weighted by Crippen LogP contribution is 2.60. The van der Waals surface area contributed by atoms with Crippen LogP contribution >= 0.6 is 25.8 Å². The molecule has 8 heterocycles. The van der Waals surface area contributed by atoms with Crippen LogP contribution in [0.2, 0.25) is 61.9 Å². The third kappa shape index (κ3) is 12.7. The van der Waals surface area contributed by atoms with Gasteiger partial charge in [-0.05, 0) is 90.9 Å². The molecule has 3 fully saturated rings. The monoisotopic (exact) mass is 1160 g/mol. The number of fused-ring (bicyclic) bond motifs is 4. The Hall–Kier alpha value is -2.37. The summed E-state index contributed by atoms with van der Waals surface area (Å²) in [4.78, 5) is 43.1. The minimum Gasteiger partial charge on any atom is -0.450 e. The number of carbonyl (C=O) groups excluding carboxylic acids is 1. The Labute approximate surface area is 448 Å². The number of rotatable bonds is 13. The first-order valence-electron chi connectivity index (χ1n) is 25.4. The number of aromatic nitrogens is 6. The number of ether oxygens (including phenoxy) is 3. The van der Waals surface area contributed by atoms with E-state index in [1.165, 1.54) is 12.7 Å². The van der Waals surface area contributed by atoms with Crippen LogP contribution in [0.15, 0.2) is 25.0 Å². The number of amides is 1. The molecule has 28 heteroatoms. The van der Waals surface area contributed by atoms with Crippen LogP contribution in [0.4, 0.5) is 16.4 Å². The Kier molecular flexibility index (Phi) is 16.9. The molecule has 0 radical (unpaired) electrons. The van der Waals surface area contributed by atoms with E-state index in [2.05, 4.69) is 125 Å². The number of nitrogens with one attached hydrogen (secondary N) is 2. The van der Waals surface area contributed by atoms with Crippen molar-refractivity contribution in [2.24, 2.45) is 0 Å². The van der Waals surface area contributed by atoms with E-state index in [0.717, 1.165) is 47.8 Å². The van der Waals surface area contributed by atoms with Gasteiger partial charge in [0, 0.05) is 33.6 Å². The van der Waals surface area contributed by atoms with Crippen molar-refractivity contribution in [3.63, 3.8) is 0 Å². The van der Waals surface area contributed by atoms with Crippen LogP contribution in [0.5, 0.6) is 0 Å². The molecule has 0 aromatic carbocycles. The van der Waals surface area contributed by atoms with Crippen LogP contribution in [-0.2, 0) is 70.4 Å². The molecule has 5 N–H and O–H groups in total. The van der Waals surface area contributed by atoms with Crippen LogP contribution in [0, 0.1) is 0 Å². The number of nitrogens with two attached hydrogens (primary N) is 1. The molecule has 74 heavy (non-hydrogen) atoms. The second kappa shape index (κ2) is 21.7. The zero-order valence-electron chi connectivity index (χ0n) is 44.9. The number of anilines is 2. The van der Waals surface area contributed by atoms with E-state index in [-0.39, 0.29) is 22.5 Å². The molecule has 2 unspecified atom stereocenters. The van der Waals surface area contributed by atoms with Crippen LogP contribution in [-0.4, -0.2) is 134 Å². The minimum absolute atomic E-state index is 0.229. The lowest BCUT2D eigenvalue weighted by Crippen LogP contribution is -2.50. The van der Waals surface area contributed by atoms with E-state index in [1.54, 1.807) is 4.57 Å². The normalized spacial score (nSPS) is 29.5. The highest BCUT2D eigenvalue weighted by Gasteiger charge is 2.57. The molecular formula is C46H77N9O12P2S2Si3. The average Bonchev–Trinajstić information content (AvgIpc) is 3.98. The molecule has 4 aromatic heterocycles. The summed E-state index contributed by atoms with van der Waals surface area (Å²) in [5, 5.41) is 7.16. The molecule has 412 valence electrons. The zero-order chi connectivity index (χ0) is 54.0. The second-order valence-electron chi connectivity index (χ2n) is 24.0. The summed E-state index contributed by atoms with van der Waals surface area (Å²) in [7, 11) is -6.75. The lowest BCUT2D eigenvalue weighted by molar-refractivity contribution is -0.0584. The van der Waals surface area contributed by atoms with Gasteiger partial charge >= 0.3 is 19.6 Å². The molecule has 4 aromatic rings. The number of alkyl carbamates (subject to hydrolysis) is 1. The number of aryl methyl sites for hydroxylation is 2. The summed E-state index contributed by atoms with van der Waals surface area (Å²) < 4.78 is 78.4. The minimum atomic E-state index is -4.41. The molecule has 0 aliphatic carbocycles. The van der Waals surface area contributed by atoms with E-state index < -0.39 is 100 Å². The van der Waals surface area contributed by atoms with Gasteiger partial charge in [0.15, 0.2) is 29.1 Å². The Balaban J connectivity index is 1.15. The molecule has 3 saturated heterocycles. The maximum absolute atomic E-state index is 15.1. The molecule has 4 aliphatic rings. The predicted octanol–water partition coefficient (Wildman–Crippen LogP) is 9.46. The molecule has 2 bridgehead atoms. The third-order valence-corrected chi connectivity index (χ3v) is 29.0. The van der Waals surface area contributed by atoms with Crippen molar-refractivity contribution in [1.29, 1.82) is 0 Å². The summed E-state index contributed by atoms with van der Waals surface area (Å²) >= 11 is 10.6. The standard InChI is InChI=1S/C46H77N9O12P2S2Si3/c1-45(2,3)73(10,11)66-35-31-25-61-68(57,70)64-34-30(62-43(37(34)67-74(12,13)46(4,5)6)55-23-29-17-14-18-48-39-33(29)41(55)53-27-51-39)24-60-69(58,71)65-36(35)42(63-31)54-22-28(32-38(47)50-26-52-40(32)54)16-15-19-49-44(56)59-20-21-72(7,8)9/h22-23,26-27,30-31,34-37,42-43H,14-21,24-25H2,1-13H3,(H,49,56)(H,57,70)(H,58,71)(H2,47,50,52)(H,48,51,53)/t30-,31-,34-,35-,36-,37-,42-,43-,68?,69?/m1/s1. The Morgan fingerprint density at radius 3 is 2.18 bits per heavy atom. The topological polar surface area (TPSA) is 249 Å². The van der Waals surface area contributed by atoms with Crippen molar-refractivity contribution in [2.75, 3.05) is 44.0 Å². The van der Waals surface area contributed by atoms with Crippen LogP contribution in [0.3, 0.4) is 0 Å². The summed E-state index contributed by atoms with van der Waals surface area (Å²) in [5.41, 5.74) is 9.41. The smallest absolute Gasteiger partial charge is 0.407 e. The number of hydrogen-bond acceptors (Lipinski definition) is 18. The van der Waals surface area contributed by atoms with Crippen molar-refractivity contribution in [3.8, 4) is 0 Å². The van der Waals surface area contributed by atoms with Gasteiger partial charge in [0.05, 0.1) is 30.6 Å². The SMILES string of the molecule is CC(C)(C)[Si](C)(C)O[C@@H]1[C@@H]2OP(O)(=S)OC[C@H]3O[C@@H](n4cc(CCCNC(=O)OCC[Si](C)(C)C)c5c(N)ncnc54)[C@H](OP(=O)(S)OC[C@H]2O[C@H]1n1cc2c4c(ncnc41)NCCC2)[C@@H]3O[Si](C)(C)C(C)(C)C. The summed E-state index contributed by atoms with van der Waals surface area (Å²) in [6.07, 6.45) is 0.693. The molecule has 1 amide bonds. The zero-order valence-corrected chi connectivity index (χ0v) is 51.4. The highest BCUT2D eigenvalue weighted by molar-refractivity contribution is 8.44. The highest BCUT2D eigenvalue weighted by atomic mass is 32.7. The van der Waals surface area contributed by atoms with E-state index in [0.29, 0.717) is 42.7 Å². The van der Waals surface area contributed by atoms with Crippen LogP contribution in [0.1, 0.15) is 78.0 Å². The molecule has 21 nitrogen and oxygen atoms in total. The number of carbonyl (C=O) groups is 1. The lowest BCUT2D eigenvalue weighted by Gasteiger charge is -2.41. The quantitative estimate of drug-likeness (QED) is 0.0362. The Bertz CT molecular complexity index is 2790.